The first kappa shape index (κ1) is 24.3. The number of para-hydroxylation sites is 1. The molecule has 6 rings (SSSR count). The third-order valence-electron chi connectivity index (χ3n) is 5.85. The van der Waals surface area contributed by atoms with Crippen LogP contribution in [0.15, 0.2) is 54.9 Å². The van der Waals surface area contributed by atoms with Gasteiger partial charge in [-0.15, -0.1) is 0 Å². The van der Waals surface area contributed by atoms with Crippen LogP contribution in [0, 0.1) is 19.7 Å². The summed E-state index contributed by atoms with van der Waals surface area (Å²) in [6.45, 7) is 5.85. The van der Waals surface area contributed by atoms with Crippen LogP contribution in [-0.4, -0.2) is 33.0 Å². The Balaban J connectivity index is 0.000000158. The molecule has 34 heavy (non-hydrogen) atoms. The second-order valence-electron chi connectivity index (χ2n) is 8.58. The van der Waals surface area contributed by atoms with Gasteiger partial charge in [-0.25, -0.2) is 14.4 Å². The zero-order chi connectivity index (χ0) is 23.9. The minimum atomic E-state index is -0.350. The Hall–Kier alpha value is -2.83. The highest BCUT2D eigenvalue weighted by Crippen LogP contribution is 2.34. The van der Waals surface area contributed by atoms with E-state index in [9.17, 15) is 4.39 Å². The first-order valence-corrected chi connectivity index (χ1v) is 12.2. The molecule has 7 heteroatoms. The molecule has 1 saturated carbocycles. The molecular weight excluding hydrogens is 451 g/mol. The highest BCUT2D eigenvalue weighted by atomic mass is 35.5. The monoisotopic (exact) mass is 480 g/mol. The third kappa shape index (κ3) is 6.39. The van der Waals surface area contributed by atoms with E-state index in [1.54, 1.807) is 6.07 Å². The van der Waals surface area contributed by atoms with E-state index in [4.69, 9.17) is 16.3 Å². The van der Waals surface area contributed by atoms with E-state index in [2.05, 4.69) is 15.1 Å². The molecule has 2 aliphatic rings. The molecule has 0 amide bonds. The molecule has 2 aromatic heterocycles. The van der Waals surface area contributed by atoms with E-state index < -0.39 is 0 Å². The van der Waals surface area contributed by atoms with Gasteiger partial charge in [0, 0.05) is 36.7 Å². The topological polar surface area (TPSA) is 52.8 Å². The van der Waals surface area contributed by atoms with Crippen molar-refractivity contribution in [3.05, 3.63) is 77.1 Å². The average Bonchev–Trinajstić information content (AvgIpc) is 3.55. The van der Waals surface area contributed by atoms with E-state index in [0.717, 1.165) is 52.8 Å². The van der Waals surface area contributed by atoms with Gasteiger partial charge in [-0.05, 0) is 76.3 Å². The fraction of sp³-hybridized carbons (Fsp3) is 0.370. The van der Waals surface area contributed by atoms with Crippen molar-refractivity contribution in [3.63, 3.8) is 0 Å². The van der Waals surface area contributed by atoms with Crippen LogP contribution >= 0.6 is 11.6 Å². The van der Waals surface area contributed by atoms with Crippen LogP contribution < -0.4 is 0 Å². The largest absolute Gasteiger partial charge is 0.381 e. The smallest absolute Gasteiger partial charge is 0.124 e. The number of hydrogen-bond donors (Lipinski definition) is 0. The van der Waals surface area contributed by atoms with Crippen molar-refractivity contribution in [2.45, 2.75) is 52.0 Å². The van der Waals surface area contributed by atoms with Crippen LogP contribution in [-0.2, 0) is 4.74 Å². The van der Waals surface area contributed by atoms with Gasteiger partial charge in [0.1, 0.15) is 5.82 Å². The first-order chi connectivity index (χ1) is 16.5. The summed E-state index contributed by atoms with van der Waals surface area (Å²) in [5, 5.41) is 4.47. The van der Waals surface area contributed by atoms with Gasteiger partial charge in [-0.3, -0.25) is 4.68 Å². The SMILES string of the molecule is C1CCOCC1.Cc1nc2cccc(-c3ccc(F)cc3Cl)c2nc1C.c1cnn(C2CC2)c1. The Morgan fingerprint density at radius 3 is 2.29 bits per heavy atom. The van der Waals surface area contributed by atoms with Crippen molar-refractivity contribution in [1.29, 1.82) is 0 Å². The lowest BCUT2D eigenvalue weighted by Crippen LogP contribution is -2.03. The van der Waals surface area contributed by atoms with Gasteiger partial charge in [0.25, 0.3) is 0 Å². The van der Waals surface area contributed by atoms with Gasteiger partial charge in [0.2, 0.25) is 0 Å². The predicted octanol–water partition coefficient (Wildman–Crippen LogP) is 7.11. The zero-order valence-corrected chi connectivity index (χ0v) is 20.4. The van der Waals surface area contributed by atoms with Crippen LogP contribution in [0.3, 0.4) is 0 Å². The zero-order valence-electron chi connectivity index (χ0n) is 19.7. The molecule has 0 spiro atoms. The number of aromatic nitrogens is 4. The lowest BCUT2D eigenvalue weighted by Gasteiger charge is -2.09. The van der Waals surface area contributed by atoms with E-state index in [0.29, 0.717) is 5.02 Å². The predicted molar refractivity (Wildman–Crippen MR) is 135 cm³/mol. The summed E-state index contributed by atoms with van der Waals surface area (Å²) in [6.07, 6.45) is 10.4. The minimum Gasteiger partial charge on any atom is -0.381 e. The summed E-state index contributed by atoms with van der Waals surface area (Å²) in [5.74, 6) is -0.350. The van der Waals surface area contributed by atoms with Crippen molar-refractivity contribution in [1.82, 2.24) is 19.7 Å². The maximum absolute atomic E-state index is 13.2. The van der Waals surface area contributed by atoms with Crippen molar-refractivity contribution in [2.24, 2.45) is 0 Å². The number of aryl methyl sites for hydroxylation is 2. The van der Waals surface area contributed by atoms with Crippen LogP contribution in [0.25, 0.3) is 22.2 Å². The fourth-order valence-electron chi connectivity index (χ4n) is 3.70. The summed E-state index contributed by atoms with van der Waals surface area (Å²) < 4.78 is 20.3. The summed E-state index contributed by atoms with van der Waals surface area (Å²) >= 11 is 6.15. The highest BCUT2D eigenvalue weighted by Gasteiger charge is 2.22. The number of hydrogen-bond acceptors (Lipinski definition) is 4. The van der Waals surface area contributed by atoms with Crippen LogP contribution in [0.5, 0.6) is 0 Å². The van der Waals surface area contributed by atoms with Crippen molar-refractivity contribution in [3.8, 4) is 11.1 Å². The molecule has 4 aromatic rings. The molecule has 0 radical (unpaired) electrons. The molecule has 1 aliphatic carbocycles. The minimum absolute atomic E-state index is 0.350. The number of benzene rings is 2. The van der Waals surface area contributed by atoms with Gasteiger partial charge in [0.15, 0.2) is 0 Å². The van der Waals surface area contributed by atoms with E-state index >= 15 is 0 Å². The maximum atomic E-state index is 13.2. The molecule has 0 atom stereocenters. The maximum Gasteiger partial charge on any atom is 0.124 e. The fourth-order valence-corrected chi connectivity index (χ4v) is 3.97. The standard InChI is InChI=1S/C16H12ClFN2.C6H8N2.C5H10O/c1-9-10(2)20-16-13(4-3-5-15(16)19-9)12-7-6-11(18)8-14(12)17;1-4-7-8(5-1)6-2-3-6;1-2-4-6-5-3-1/h3-8H,1-2H3;1,4-6H,2-3H2;1-5H2. The van der Waals surface area contributed by atoms with Gasteiger partial charge in [-0.1, -0.05) is 23.7 Å². The van der Waals surface area contributed by atoms with Crippen molar-refractivity contribution in [2.75, 3.05) is 13.2 Å². The van der Waals surface area contributed by atoms with Crippen LogP contribution in [0.2, 0.25) is 5.02 Å². The summed E-state index contributed by atoms with van der Waals surface area (Å²) in [6, 6.07) is 12.8. The summed E-state index contributed by atoms with van der Waals surface area (Å²) in [5.41, 5.74) is 5.00. The molecule has 0 N–H and O–H groups in total. The number of ether oxygens (including phenoxy) is 1. The Morgan fingerprint density at radius 2 is 1.71 bits per heavy atom. The van der Waals surface area contributed by atoms with E-state index in [-0.39, 0.29) is 5.82 Å². The van der Waals surface area contributed by atoms with Gasteiger partial charge in [-0.2, -0.15) is 5.10 Å². The molecule has 3 heterocycles. The number of rotatable bonds is 2. The summed E-state index contributed by atoms with van der Waals surface area (Å²) in [4.78, 5) is 9.13. The molecule has 5 nitrogen and oxygen atoms in total. The first-order valence-electron chi connectivity index (χ1n) is 11.8. The average molecular weight is 481 g/mol. The number of fused-ring (bicyclic) bond motifs is 1. The number of nitrogens with zero attached hydrogens (tertiary/aromatic N) is 4. The molecular formula is C27H30ClFN4O. The summed E-state index contributed by atoms with van der Waals surface area (Å²) in [7, 11) is 0. The van der Waals surface area contributed by atoms with Crippen molar-refractivity contribution >= 4 is 22.6 Å². The lowest BCUT2D eigenvalue weighted by molar-refractivity contribution is 0.0968. The highest BCUT2D eigenvalue weighted by molar-refractivity contribution is 6.33. The Labute approximate surface area is 205 Å². The normalized spacial score (nSPS) is 15.2. The number of halogens is 2. The van der Waals surface area contributed by atoms with Crippen LogP contribution in [0.4, 0.5) is 4.39 Å². The Bertz CT molecular complexity index is 1210. The molecule has 1 aliphatic heterocycles. The molecule has 2 fully saturated rings. The second-order valence-corrected chi connectivity index (χ2v) is 8.99. The third-order valence-corrected chi connectivity index (χ3v) is 6.16. The van der Waals surface area contributed by atoms with Gasteiger partial charge in [0.05, 0.1) is 33.5 Å². The van der Waals surface area contributed by atoms with E-state index in [1.165, 1.54) is 44.2 Å². The van der Waals surface area contributed by atoms with Crippen LogP contribution in [0.1, 0.15) is 49.5 Å². The molecule has 178 valence electrons. The second kappa shape index (κ2) is 11.5. The van der Waals surface area contributed by atoms with Gasteiger partial charge >= 0.3 is 0 Å². The van der Waals surface area contributed by atoms with Gasteiger partial charge < -0.3 is 4.74 Å². The molecule has 0 bridgehead atoms. The van der Waals surface area contributed by atoms with E-state index in [1.807, 2.05) is 55.2 Å². The quantitative estimate of drug-likeness (QED) is 0.306. The Kier molecular flexibility index (Phi) is 8.25. The lowest BCUT2D eigenvalue weighted by atomic mass is 10.0. The molecule has 1 saturated heterocycles. The molecule has 2 aromatic carbocycles. The molecule has 0 unspecified atom stereocenters. The Morgan fingerprint density at radius 1 is 0.941 bits per heavy atom. The van der Waals surface area contributed by atoms with Crippen molar-refractivity contribution < 1.29 is 9.13 Å².